The first-order chi connectivity index (χ1) is 20.1. The number of pyridine rings is 1. The molecule has 1 saturated heterocycles. The maximum atomic E-state index is 13.7. The Morgan fingerprint density at radius 3 is 2.29 bits per heavy atom. The molecule has 0 saturated carbocycles. The molecule has 3 aromatic carbocycles. The first-order valence-electron chi connectivity index (χ1n) is 14.0. The summed E-state index contributed by atoms with van der Waals surface area (Å²) >= 11 is 0. The fourth-order valence-corrected chi connectivity index (χ4v) is 5.47. The molecular weight excluding hydrogens is 516 g/mol. The van der Waals surface area contributed by atoms with Crippen LogP contribution in [0, 0.1) is 5.92 Å². The van der Waals surface area contributed by atoms with Crippen LogP contribution in [0.2, 0.25) is 0 Å². The molecular formula is C33H34N4O4. The van der Waals surface area contributed by atoms with Crippen molar-refractivity contribution in [2.24, 2.45) is 13.0 Å². The van der Waals surface area contributed by atoms with Crippen molar-refractivity contribution in [3.63, 3.8) is 0 Å². The number of hydrogen-bond acceptors (Lipinski definition) is 6. The predicted octanol–water partition coefficient (Wildman–Crippen LogP) is 5.09. The van der Waals surface area contributed by atoms with Crippen LogP contribution < -0.4 is 20.1 Å². The standard InChI is InChI=1S/C33H34N4O4/c1-35-30-20-27(36-18-16-24(21-36)17-19-38)12-13-28(30)37(33(35)39)29-14-15-31(40-22-25-8-4-2-5-9-25)34-32(29)41-23-26-10-6-3-7-11-26/h2-15,20,24,38H,16-19,21-23H2,1H3. The second-order valence-electron chi connectivity index (χ2n) is 10.5. The van der Waals surface area contributed by atoms with Crippen molar-refractivity contribution in [2.45, 2.75) is 26.1 Å². The maximum absolute atomic E-state index is 13.7. The van der Waals surface area contributed by atoms with Gasteiger partial charge in [-0.1, -0.05) is 60.7 Å². The molecule has 0 radical (unpaired) electrons. The fourth-order valence-electron chi connectivity index (χ4n) is 5.47. The summed E-state index contributed by atoms with van der Waals surface area (Å²) in [6, 6.07) is 29.5. The fraction of sp³-hybridized carbons (Fsp3) is 0.273. The van der Waals surface area contributed by atoms with Gasteiger partial charge in [-0.3, -0.25) is 9.13 Å². The highest BCUT2D eigenvalue weighted by Crippen LogP contribution is 2.31. The smallest absolute Gasteiger partial charge is 0.333 e. The molecule has 1 N–H and O–H groups in total. The highest BCUT2D eigenvalue weighted by molar-refractivity contribution is 5.82. The van der Waals surface area contributed by atoms with E-state index in [1.54, 1.807) is 22.2 Å². The van der Waals surface area contributed by atoms with Gasteiger partial charge in [0.25, 0.3) is 0 Å². The van der Waals surface area contributed by atoms with E-state index in [1.165, 1.54) is 0 Å². The van der Waals surface area contributed by atoms with E-state index < -0.39 is 0 Å². The largest absolute Gasteiger partial charge is 0.473 e. The average molecular weight is 551 g/mol. The van der Waals surface area contributed by atoms with Crippen LogP contribution in [0.4, 0.5) is 5.69 Å². The maximum Gasteiger partial charge on any atom is 0.333 e. The van der Waals surface area contributed by atoms with Gasteiger partial charge in [0.15, 0.2) is 0 Å². The van der Waals surface area contributed by atoms with Gasteiger partial charge in [-0.05, 0) is 54.2 Å². The third-order valence-electron chi connectivity index (χ3n) is 7.73. The lowest BCUT2D eigenvalue weighted by Gasteiger charge is -2.19. The summed E-state index contributed by atoms with van der Waals surface area (Å²) in [7, 11) is 1.79. The zero-order valence-corrected chi connectivity index (χ0v) is 23.1. The summed E-state index contributed by atoms with van der Waals surface area (Å²) in [5.74, 6) is 1.23. The number of benzene rings is 3. The first-order valence-corrected chi connectivity index (χ1v) is 14.0. The topological polar surface area (TPSA) is 81.8 Å². The Balaban J connectivity index is 1.35. The van der Waals surface area contributed by atoms with E-state index in [4.69, 9.17) is 14.5 Å². The lowest BCUT2D eigenvalue weighted by Crippen LogP contribution is -2.21. The zero-order chi connectivity index (χ0) is 28.2. The van der Waals surface area contributed by atoms with Gasteiger partial charge >= 0.3 is 5.69 Å². The molecule has 5 aromatic rings. The van der Waals surface area contributed by atoms with E-state index in [0.29, 0.717) is 36.6 Å². The van der Waals surface area contributed by atoms with Crippen LogP contribution >= 0.6 is 0 Å². The second kappa shape index (κ2) is 11.9. The molecule has 3 heterocycles. The van der Waals surface area contributed by atoms with Crippen molar-refractivity contribution in [3.8, 4) is 17.4 Å². The highest BCUT2D eigenvalue weighted by Gasteiger charge is 2.24. The number of aryl methyl sites for hydroxylation is 1. The summed E-state index contributed by atoms with van der Waals surface area (Å²) in [5.41, 5.74) is 5.09. The first kappa shape index (κ1) is 26.7. The van der Waals surface area contributed by atoms with Crippen LogP contribution in [0.25, 0.3) is 16.7 Å². The summed E-state index contributed by atoms with van der Waals surface area (Å²) < 4.78 is 15.6. The van der Waals surface area contributed by atoms with Crippen LogP contribution in [0.1, 0.15) is 24.0 Å². The summed E-state index contributed by atoms with van der Waals surface area (Å²) in [4.78, 5) is 20.7. The minimum Gasteiger partial charge on any atom is -0.473 e. The van der Waals surface area contributed by atoms with E-state index >= 15 is 0 Å². The van der Waals surface area contributed by atoms with Gasteiger partial charge in [-0.15, -0.1) is 0 Å². The number of hydrogen-bond donors (Lipinski definition) is 1. The zero-order valence-electron chi connectivity index (χ0n) is 23.1. The highest BCUT2D eigenvalue weighted by atomic mass is 16.5. The number of ether oxygens (including phenoxy) is 2. The Bertz CT molecular complexity index is 1680. The molecule has 0 spiro atoms. The van der Waals surface area contributed by atoms with Gasteiger partial charge < -0.3 is 19.5 Å². The van der Waals surface area contributed by atoms with Crippen LogP contribution in [0.3, 0.4) is 0 Å². The minimum absolute atomic E-state index is 0.180. The van der Waals surface area contributed by atoms with Crippen LogP contribution in [0.15, 0.2) is 95.8 Å². The molecule has 0 bridgehead atoms. The minimum atomic E-state index is -0.180. The van der Waals surface area contributed by atoms with Crippen LogP contribution in [0.5, 0.6) is 11.8 Å². The van der Waals surface area contributed by atoms with Gasteiger partial charge in [0, 0.05) is 38.5 Å². The Kier molecular flexibility index (Phi) is 7.73. The van der Waals surface area contributed by atoms with Gasteiger partial charge in [-0.25, -0.2) is 4.79 Å². The number of imidazole rings is 1. The van der Waals surface area contributed by atoms with E-state index in [2.05, 4.69) is 17.0 Å². The normalized spacial score (nSPS) is 15.0. The van der Waals surface area contributed by atoms with Gasteiger partial charge in [0.1, 0.15) is 18.9 Å². The van der Waals surface area contributed by atoms with Crippen molar-refractivity contribution in [3.05, 3.63) is 113 Å². The molecule has 210 valence electrons. The Morgan fingerprint density at radius 2 is 1.59 bits per heavy atom. The van der Waals surface area contributed by atoms with E-state index in [1.807, 2.05) is 72.8 Å². The van der Waals surface area contributed by atoms with Gasteiger partial charge in [0.05, 0.1) is 11.0 Å². The van der Waals surface area contributed by atoms with Crippen molar-refractivity contribution in [1.29, 1.82) is 0 Å². The number of aromatic nitrogens is 3. The molecule has 8 nitrogen and oxygen atoms in total. The molecule has 1 unspecified atom stereocenters. The molecule has 1 aliphatic heterocycles. The number of anilines is 1. The Labute approximate surface area is 239 Å². The average Bonchev–Trinajstić information content (AvgIpc) is 3.58. The number of rotatable bonds is 10. The Morgan fingerprint density at radius 1 is 0.878 bits per heavy atom. The van der Waals surface area contributed by atoms with E-state index in [-0.39, 0.29) is 12.3 Å². The third-order valence-corrected chi connectivity index (χ3v) is 7.73. The molecule has 8 heteroatoms. The number of nitrogens with zero attached hydrogens (tertiary/aromatic N) is 4. The molecule has 1 aliphatic rings. The molecule has 2 aromatic heterocycles. The lowest BCUT2D eigenvalue weighted by atomic mass is 10.1. The van der Waals surface area contributed by atoms with Crippen LogP contribution in [-0.2, 0) is 20.3 Å². The number of aliphatic hydroxyl groups is 1. The Hall–Kier alpha value is -4.56. The number of fused-ring (bicyclic) bond motifs is 1. The van der Waals surface area contributed by atoms with Crippen molar-refractivity contribution in [1.82, 2.24) is 14.1 Å². The lowest BCUT2D eigenvalue weighted by molar-refractivity contribution is 0.263. The molecule has 1 atom stereocenters. The van der Waals surface area contributed by atoms with Crippen molar-refractivity contribution < 1.29 is 14.6 Å². The molecule has 1 fully saturated rings. The molecule has 6 rings (SSSR count). The summed E-state index contributed by atoms with van der Waals surface area (Å²) in [5, 5.41) is 9.34. The van der Waals surface area contributed by atoms with Crippen LogP contribution in [-0.4, -0.2) is 38.9 Å². The second-order valence-corrected chi connectivity index (χ2v) is 10.5. The van der Waals surface area contributed by atoms with Gasteiger partial charge in [0.2, 0.25) is 11.8 Å². The summed E-state index contributed by atoms with van der Waals surface area (Å²) in [6.07, 6.45) is 1.88. The van der Waals surface area contributed by atoms with Crippen molar-refractivity contribution >= 4 is 16.7 Å². The molecule has 0 aliphatic carbocycles. The van der Waals surface area contributed by atoms with E-state index in [9.17, 15) is 9.90 Å². The molecule has 0 amide bonds. The summed E-state index contributed by atoms with van der Waals surface area (Å²) in [6.45, 7) is 2.74. The van der Waals surface area contributed by atoms with E-state index in [0.717, 1.165) is 53.8 Å². The van der Waals surface area contributed by atoms with Crippen molar-refractivity contribution in [2.75, 3.05) is 24.6 Å². The van der Waals surface area contributed by atoms with Gasteiger partial charge in [-0.2, -0.15) is 4.98 Å². The third kappa shape index (κ3) is 5.69. The SMILES string of the molecule is Cn1c(=O)n(-c2ccc(OCc3ccccc3)nc2OCc2ccccc2)c2ccc(N3CCC(CCO)C3)cc21. The monoisotopic (exact) mass is 550 g/mol. The quantitative estimate of drug-likeness (QED) is 0.261. The number of aliphatic hydroxyl groups excluding tert-OH is 1. The molecule has 41 heavy (non-hydrogen) atoms. The predicted molar refractivity (Wildman–Crippen MR) is 160 cm³/mol.